The lowest BCUT2D eigenvalue weighted by molar-refractivity contribution is 0.440. The van der Waals surface area contributed by atoms with Gasteiger partial charge in [-0.25, -0.2) is 9.97 Å². The van der Waals surface area contributed by atoms with Crippen molar-refractivity contribution in [3.8, 4) is 11.8 Å². The van der Waals surface area contributed by atoms with Gasteiger partial charge in [-0.05, 0) is 68.7 Å². The highest BCUT2D eigenvalue weighted by atomic mass is 16.5. The molecule has 2 aliphatic rings. The average Bonchev–Trinajstić information content (AvgIpc) is 3.38. The Morgan fingerprint density at radius 2 is 1.68 bits per heavy atom. The summed E-state index contributed by atoms with van der Waals surface area (Å²) in [5.41, 5.74) is 6.08. The zero-order valence-corrected chi connectivity index (χ0v) is 19.5. The standard InChI is InChI=1S/C29H26N4O/c1-20-17-21(2)32-29(31-20)27(19-30)26-18-24(34-28-8-4-3-7-25(26)28)14-11-22-9-12-23(13-10-22)33-15-5-6-16-33/h3-4,7-14,17-18H,5-6,15-16H2,1-2H3. The van der Waals surface area contributed by atoms with Gasteiger partial charge in [-0.2, -0.15) is 5.26 Å². The Balaban J connectivity index is 1.51. The summed E-state index contributed by atoms with van der Waals surface area (Å²) in [5, 5.41) is 10.1. The number of fused-ring (bicyclic) bond motifs is 1. The van der Waals surface area contributed by atoms with E-state index in [0.29, 0.717) is 22.9 Å². The lowest BCUT2D eigenvalue weighted by Crippen LogP contribution is -2.17. The minimum atomic E-state index is 0.434. The largest absolute Gasteiger partial charge is 0.457 e. The first-order chi connectivity index (χ1) is 16.6. The van der Waals surface area contributed by atoms with E-state index in [9.17, 15) is 5.26 Å². The zero-order valence-electron chi connectivity index (χ0n) is 19.5. The molecule has 1 aromatic heterocycles. The van der Waals surface area contributed by atoms with E-state index in [0.717, 1.165) is 41.2 Å². The van der Waals surface area contributed by atoms with Crippen molar-refractivity contribution in [2.24, 2.45) is 0 Å². The maximum Gasteiger partial charge on any atom is 0.171 e. The van der Waals surface area contributed by atoms with Crippen LogP contribution in [0.2, 0.25) is 0 Å². The number of allylic oxidation sites excluding steroid dienone is 4. The highest BCUT2D eigenvalue weighted by molar-refractivity contribution is 6.02. The molecule has 0 unspecified atom stereocenters. The van der Waals surface area contributed by atoms with Crippen LogP contribution in [0.1, 0.15) is 41.2 Å². The summed E-state index contributed by atoms with van der Waals surface area (Å²) in [6.45, 7) is 6.09. The second kappa shape index (κ2) is 9.36. The van der Waals surface area contributed by atoms with Gasteiger partial charge in [0, 0.05) is 41.3 Å². The highest BCUT2D eigenvalue weighted by Gasteiger charge is 2.21. The van der Waals surface area contributed by atoms with Crippen LogP contribution < -0.4 is 9.64 Å². The fraction of sp³-hybridized carbons (Fsp3) is 0.207. The number of hydrogen-bond donors (Lipinski definition) is 0. The first kappa shape index (κ1) is 21.7. The molecule has 0 spiro atoms. The first-order valence-corrected chi connectivity index (χ1v) is 11.6. The molecule has 0 bridgehead atoms. The Kier molecular flexibility index (Phi) is 5.97. The quantitative estimate of drug-likeness (QED) is 0.452. The molecule has 3 aromatic rings. The summed E-state index contributed by atoms with van der Waals surface area (Å²) >= 11 is 0. The van der Waals surface area contributed by atoms with E-state index >= 15 is 0 Å². The molecule has 3 heterocycles. The number of aromatic nitrogens is 2. The Morgan fingerprint density at radius 1 is 0.971 bits per heavy atom. The van der Waals surface area contributed by atoms with Crippen LogP contribution in [0, 0.1) is 25.2 Å². The average molecular weight is 447 g/mol. The second-order valence-electron chi connectivity index (χ2n) is 8.64. The van der Waals surface area contributed by atoms with Crippen LogP contribution in [0.3, 0.4) is 0 Å². The van der Waals surface area contributed by atoms with Crippen molar-refractivity contribution in [1.29, 1.82) is 5.26 Å². The van der Waals surface area contributed by atoms with Gasteiger partial charge in [-0.1, -0.05) is 36.4 Å². The molecule has 5 heteroatoms. The van der Waals surface area contributed by atoms with E-state index in [2.05, 4.69) is 45.2 Å². The first-order valence-electron chi connectivity index (χ1n) is 11.6. The Hall–Kier alpha value is -4.17. The predicted molar refractivity (Wildman–Crippen MR) is 136 cm³/mol. The summed E-state index contributed by atoms with van der Waals surface area (Å²) in [5.74, 6) is 1.80. The number of aryl methyl sites for hydroxylation is 2. The van der Waals surface area contributed by atoms with Gasteiger partial charge in [0.2, 0.25) is 0 Å². The van der Waals surface area contributed by atoms with Crippen molar-refractivity contribution in [1.82, 2.24) is 9.97 Å². The molecule has 0 radical (unpaired) electrons. The number of para-hydroxylation sites is 1. The Labute approximate surface area is 200 Å². The van der Waals surface area contributed by atoms with Crippen molar-refractivity contribution in [3.63, 3.8) is 0 Å². The third kappa shape index (κ3) is 4.49. The fourth-order valence-corrected chi connectivity index (χ4v) is 4.46. The van der Waals surface area contributed by atoms with Crippen molar-refractivity contribution in [2.45, 2.75) is 26.7 Å². The topological polar surface area (TPSA) is 62.0 Å². The molecule has 34 heavy (non-hydrogen) atoms. The summed E-state index contributed by atoms with van der Waals surface area (Å²) in [6, 6.07) is 20.6. The van der Waals surface area contributed by atoms with Crippen molar-refractivity contribution >= 4 is 22.9 Å². The summed E-state index contributed by atoms with van der Waals surface area (Å²) in [4.78, 5) is 11.5. The van der Waals surface area contributed by atoms with E-state index in [1.807, 2.05) is 62.4 Å². The monoisotopic (exact) mass is 446 g/mol. The van der Waals surface area contributed by atoms with Crippen LogP contribution in [0.25, 0.3) is 17.2 Å². The molecule has 2 aromatic carbocycles. The number of anilines is 1. The van der Waals surface area contributed by atoms with Crippen LogP contribution in [0.5, 0.6) is 5.75 Å². The summed E-state index contributed by atoms with van der Waals surface area (Å²) in [7, 11) is 0. The molecule has 0 atom stereocenters. The molecular formula is C29H26N4O. The van der Waals surface area contributed by atoms with Gasteiger partial charge in [0.1, 0.15) is 23.2 Å². The molecule has 0 aliphatic carbocycles. The lowest BCUT2D eigenvalue weighted by Gasteiger charge is -2.19. The van der Waals surface area contributed by atoms with Gasteiger partial charge < -0.3 is 9.64 Å². The fourth-order valence-electron chi connectivity index (χ4n) is 4.46. The molecule has 1 fully saturated rings. The molecule has 0 saturated carbocycles. The second-order valence-corrected chi connectivity index (χ2v) is 8.64. The number of benzene rings is 2. The lowest BCUT2D eigenvalue weighted by atomic mass is 9.96. The molecule has 0 amide bonds. The maximum absolute atomic E-state index is 10.1. The summed E-state index contributed by atoms with van der Waals surface area (Å²) < 4.78 is 6.15. The van der Waals surface area contributed by atoms with Gasteiger partial charge in [-0.15, -0.1) is 0 Å². The van der Waals surface area contributed by atoms with Gasteiger partial charge in [0.25, 0.3) is 0 Å². The van der Waals surface area contributed by atoms with Crippen molar-refractivity contribution < 1.29 is 4.74 Å². The Morgan fingerprint density at radius 3 is 2.38 bits per heavy atom. The predicted octanol–water partition coefficient (Wildman–Crippen LogP) is 6.12. The van der Waals surface area contributed by atoms with E-state index in [4.69, 9.17) is 4.74 Å². The van der Waals surface area contributed by atoms with Crippen LogP contribution in [-0.2, 0) is 0 Å². The van der Waals surface area contributed by atoms with Crippen LogP contribution in [-0.4, -0.2) is 23.1 Å². The Bertz CT molecular complexity index is 1330. The molecule has 168 valence electrons. The zero-order chi connectivity index (χ0) is 23.5. The number of nitrogens with zero attached hydrogens (tertiary/aromatic N) is 4. The number of nitriles is 1. The van der Waals surface area contributed by atoms with Gasteiger partial charge in [0.05, 0.1) is 0 Å². The molecular weight excluding hydrogens is 420 g/mol. The number of rotatable bonds is 4. The minimum absolute atomic E-state index is 0.434. The minimum Gasteiger partial charge on any atom is -0.457 e. The van der Waals surface area contributed by atoms with E-state index < -0.39 is 0 Å². The van der Waals surface area contributed by atoms with E-state index in [1.165, 1.54) is 18.5 Å². The van der Waals surface area contributed by atoms with Crippen LogP contribution >= 0.6 is 0 Å². The van der Waals surface area contributed by atoms with E-state index in [1.54, 1.807) is 0 Å². The SMILES string of the molecule is Cc1cc(C)nc(C(C#N)=C2C=C(C=Cc3ccc(N4CCCC4)cc3)Oc3ccccc32)n1. The highest BCUT2D eigenvalue weighted by Crippen LogP contribution is 2.38. The third-order valence-electron chi connectivity index (χ3n) is 6.08. The third-order valence-corrected chi connectivity index (χ3v) is 6.08. The number of hydrogen-bond acceptors (Lipinski definition) is 5. The number of ether oxygens (including phenoxy) is 1. The van der Waals surface area contributed by atoms with Gasteiger partial charge in [0.15, 0.2) is 5.82 Å². The normalized spacial score (nSPS) is 16.6. The van der Waals surface area contributed by atoms with Gasteiger partial charge >= 0.3 is 0 Å². The molecule has 5 rings (SSSR count). The van der Waals surface area contributed by atoms with Crippen molar-refractivity contribution in [2.75, 3.05) is 18.0 Å². The molecule has 5 nitrogen and oxygen atoms in total. The van der Waals surface area contributed by atoms with Crippen molar-refractivity contribution in [3.05, 3.63) is 101 Å². The smallest absolute Gasteiger partial charge is 0.171 e. The van der Waals surface area contributed by atoms with E-state index in [-0.39, 0.29) is 0 Å². The maximum atomic E-state index is 10.1. The van der Waals surface area contributed by atoms with Gasteiger partial charge in [-0.3, -0.25) is 0 Å². The van der Waals surface area contributed by atoms with Crippen LogP contribution in [0.15, 0.2) is 72.5 Å². The molecule has 1 saturated heterocycles. The summed E-state index contributed by atoms with van der Waals surface area (Å²) in [6.07, 6.45) is 8.41. The molecule has 2 aliphatic heterocycles. The molecule has 0 N–H and O–H groups in total. The van der Waals surface area contributed by atoms with Crippen LogP contribution in [0.4, 0.5) is 5.69 Å².